The fraction of sp³-hybridized carbons (Fsp3) is 0.500. The number of nitrogens with two attached hydrogens (primary N) is 1. The molecule has 0 unspecified atom stereocenters. The number of ether oxygens (including phenoxy) is 2. The molecule has 2 amide bonds. The smallest absolute Gasteiger partial charge is 0.328 e. The summed E-state index contributed by atoms with van der Waals surface area (Å²) in [6.07, 6.45) is 0.904. The number of thioether (sulfide) groups is 1. The molecule has 1 heterocycles. The monoisotopic (exact) mass is 604 g/mol. The molecule has 0 spiro atoms. The van der Waals surface area contributed by atoms with Crippen molar-refractivity contribution >= 4 is 46.8 Å². The Labute approximate surface area is 252 Å². The lowest BCUT2D eigenvalue weighted by atomic mass is 10.1. The highest BCUT2D eigenvalue weighted by Crippen LogP contribution is 2.23. The molecule has 0 bridgehead atoms. The maximum Gasteiger partial charge on any atom is 0.328 e. The highest BCUT2D eigenvalue weighted by atomic mass is 35.5. The molecule has 0 saturated carbocycles. The van der Waals surface area contributed by atoms with Gasteiger partial charge in [0.25, 0.3) is 11.8 Å². The summed E-state index contributed by atoms with van der Waals surface area (Å²) in [5, 5.41) is -0.335. The van der Waals surface area contributed by atoms with E-state index in [0.717, 1.165) is 42.8 Å². The van der Waals surface area contributed by atoms with Crippen LogP contribution in [0, 0.1) is 0 Å². The fourth-order valence-corrected chi connectivity index (χ4v) is 5.52. The van der Waals surface area contributed by atoms with Crippen LogP contribution in [0.25, 0.3) is 0 Å². The van der Waals surface area contributed by atoms with E-state index >= 15 is 0 Å². The second-order valence-corrected chi connectivity index (χ2v) is 11.7. The molecule has 3 rings (SSSR count). The molecule has 1 aliphatic heterocycles. The molecule has 0 aliphatic carbocycles. The van der Waals surface area contributed by atoms with Gasteiger partial charge in [-0.3, -0.25) is 19.3 Å². The zero-order valence-electron chi connectivity index (χ0n) is 24.1. The fourth-order valence-electron chi connectivity index (χ4n) is 4.52. The topological polar surface area (TPSA) is 105 Å². The number of rotatable bonds is 14. The number of amides is 2. The number of piperazine rings is 1. The van der Waals surface area contributed by atoms with Gasteiger partial charge >= 0.3 is 5.97 Å². The molecule has 41 heavy (non-hydrogen) atoms. The third kappa shape index (κ3) is 10.0. The SMILES string of the molecule is COC(=O)[C@H](SCCN)C(=O)N(CCOC(C)C)c1cccc(C(=O)N2CCN(CCc3ccc(Cl)cc3)CC2)c1. The zero-order valence-corrected chi connectivity index (χ0v) is 25.7. The van der Waals surface area contributed by atoms with Crippen LogP contribution in [0.5, 0.6) is 0 Å². The largest absolute Gasteiger partial charge is 0.468 e. The first-order chi connectivity index (χ1) is 19.7. The van der Waals surface area contributed by atoms with Crippen molar-refractivity contribution in [1.82, 2.24) is 9.80 Å². The van der Waals surface area contributed by atoms with Gasteiger partial charge in [0.1, 0.15) is 0 Å². The van der Waals surface area contributed by atoms with Crippen LogP contribution in [0.15, 0.2) is 48.5 Å². The van der Waals surface area contributed by atoms with Gasteiger partial charge in [0, 0.05) is 67.8 Å². The van der Waals surface area contributed by atoms with Gasteiger partial charge in [0.15, 0.2) is 5.25 Å². The highest BCUT2D eigenvalue weighted by molar-refractivity contribution is 8.01. The molecule has 0 radical (unpaired) electrons. The third-order valence-electron chi connectivity index (χ3n) is 6.77. The van der Waals surface area contributed by atoms with Gasteiger partial charge in [0.2, 0.25) is 0 Å². The van der Waals surface area contributed by atoms with Crippen LogP contribution < -0.4 is 10.6 Å². The second kappa shape index (κ2) is 16.7. The van der Waals surface area contributed by atoms with E-state index in [-0.39, 0.29) is 25.2 Å². The molecule has 0 aromatic heterocycles. The van der Waals surface area contributed by atoms with Crippen molar-refractivity contribution in [3.63, 3.8) is 0 Å². The molecule has 1 saturated heterocycles. The highest BCUT2D eigenvalue weighted by Gasteiger charge is 2.33. The molecule has 9 nitrogen and oxygen atoms in total. The summed E-state index contributed by atoms with van der Waals surface area (Å²) in [6, 6.07) is 14.9. The molecule has 2 aromatic carbocycles. The molecular weight excluding hydrogens is 564 g/mol. The number of carbonyl (C=O) groups excluding carboxylic acids is 3. The van der Waals surface area contributed by atoms with Crippen LogP contribution in [0.2, 0.25) is 5.02 Å². The lowest BCUT2D eigenvalue weighted by Crippen LogP contribution is -2.49. The number of carbonyl (C=O) groups is 3. The number of hydrogen-bond donors (Lipinski definition) is 1. The van der Waals surface area contributed by atoms with Crippen molar-refractivity contribution in [1.29, 1.82) is 0 Å². The lowest BCUT2D eigenvalue weighted by molar-refractivity contribution is -0.142. The lowest BCUT2D eigenvalue weighted by Gasteiger charge is -2.35. The Kier molecular flexibility index (Phi) is 13.4. The summed E-state index contributed by atoms with van der Waals surface area (Å²) in [7, 11) is 1.26. The van der Waals surface area contributed by atoms with Gasteiger partial charge in [-0.25, -0.2) is 0 Å². The minimum atomic E-state index is -1.07. The Morgan fingerprint density at radius 1 is 1.07 bits per heavy atom. The van der Waals surface area contributed by atoms with Gasteiger partial charge in [-0.1, -0.05) is 29.8 Å². The predicted molar refractivity (Wildman–Crippen MR) is 165 cm³/mol. The first-order valence-electron chi connectivity index (χ1n) is 13.9. The first kappa shape index (κ1) is 32.9. The standard InChI is InChI=1S/C30H41ClN4O5S/c1-22(2)40-19-18-35(29(37)27(30(38)39-3)41-20-12-32)26-6-4-5-24(21-26)28(36)34-16-14-33(15-17-34)13-11-23-7-9-25(31)10-8-23/h4-10,21-22,27H,11-20,32H2,1-3H3/t27-/m1/s1. The normalized spacial score (nSPS) is 14.6. The molecular formula is C30H41ClN4O5S. The van der Waals surface area contributed by atoms with Gasteiger partial charge in [-0.2, -0.15) is 0 Å². The summed E-state index contributed by atoms with van der Waals surface area (Å²) in [6.45, 7) is 8.37. The van der Waals surface area contributed by atoms with E-state index in [1.165, 1.54) is 17.6 Å². The van der Waals surface area contributed by atoms with Crippen LogP contribution in [0.4, 0.5) is 5.69 Å². The summed E-state index contributed by atoms with van der Waals surface area (Å²) in [5.41, 5.74) is 7.88. The summed E-state index contributed by atoms with van der Waals surface area (Å²) < 4.78 is 10.6. The first-order valence-corrected chi connectivity index (χ1v) is 15.3. The molecule has 2 N–H and O–H groups in total. The maximum absolute atomic E-state index is 13.6. The second-order valence-electron chi connectivity index (χ2n) is 10.0. The van der Waals surface area contributed by atoms with Crippen LogP contribution in [0.1, 0.15) is 29.8 Å². The Bertz CT molecular complexity index is 1140. The van der Waals surface area contributed by atoms with Crippen molar-refractivity contribution in [2.75, 3.05) is 70.2 Å². The number of benzene rings is 2. The molecule has 224 valence electrons. The quantitative estimate of drug-likeness (QED) is 0.259. The molecule has 1 atom stereocenters. The van der Waals surface area contributed by atoms with Gasteiger partial charge in [0.05, 0.1) is 19.8 Å². The van der Waals surface area contributed by atoms with E-state index in [4.69, 9.17) is 26.8 Å². The number of anilines is 1. The Morgan fingerprint density at radius 3 is 2.41 bits per heavy atom. The van der Waals surface area contributed by atoms with Crippen LogP contribution in [0.3, 0.4) is 0 Å². The van der Waals surface area contributed by atoms with Crippen molar-refractivity contribution in [3.05, 3.63) is 64.7 Å². The third-order valence-corrected chi connectivity index (χ3v) is 8.22. The molecule has 2 aromatic rings. The van der Waals surface area contributed by atoms with E-state index in [9.17, 15) is 14.4 Å². The van der Waals surface area contributed by atoms with Crippen molar-refractivity contribution in [2.45, 2.75) is 31.6 Å². The molecule has 11 heteroatoms. The van der Waals surface area contributed by atoms with Crippen molar-refractivity contribution in [2.24, 2.45) is 5.73 Å². The van der Waals surface area contributed by atoms with Crippen LogP contribution in [-0.4, -0.2) is 104 Å². The average molecular weight is 605 g/mol. The van der Waals surface area contributed by atoms with E-state index < -0.39 is 17.1 Å². The molecule has 1 aliphatic rings. The molecule has 1 fully saturated rings. The maximum atomic E-state index is 13.6. The average Bonchev–Trinajstić information content (AvgIpc) is 2.98. The number of methoxy groups -OCH3 is 1. The van der Waals surface area contributed by atoms with Gasteiger partial charge in [-0.05, 0) is 56.2 Å². The minimum absolute atomic E-state index is 0.0206. The summed E-state index contributed by atoms with van der Waals surface area (Å²) >= 11 is 7.13. The van der Waals surface area contributed by atoms with E-state index in [1.807, 2.05) is 43.0 Å². The van der Waals surface area contributed by atoms with Crippen molar-refractivity contribution in [3.8, 4) is 0 Å². The number of hydrogen-bond acceptors (Lipinski definition) is 8. The Hall–Kier alpha value is -2.63. The summed E-state index contributed by atoms with van der Waals surface area (Å²) in [4.78, 5) is 45.3. The summed E-state index contributed by atoms with van der Waals surface area (Å²) in [5.74, 6) is -0.727. The number of halogens is 1. The van der Waals surface area contributed by atoms with Crippen molar-refractivity contribution < 1.29 is 23.9 Å². The zero-order chi connectivity index (χ0) is 29.8. The number of nitrogens with zero attached hydrogens (tertiary/aromatic N) is 3. The van der Waals surface area contributed by atoms with Crippen LogP contribution in [-0.2, 0) is 25.5 Å². The van der Waals surface area contributed by atoms with Gasteiger partial charge < -0.3 is 25.0 Å². The van der Waals surface area contributed by atoms with E-state index in [1.54, 1.807) is 24.3 Å². The Balaban J connectivity index is 1.69. The number of esters is 1. The van der Waals surface area contributed by atoms with E-state index in [0.29, 0.717) is 36.6 Å². The minimum Gasteiger partial charge on any atom is -0.468 e. The Morgan fingerprint density at radius 2 is 1.78 bits per heavy atom. The predicted octanol–water partition coefficient (Wildman–Crippen LogP) is 3.33. The van der Waals surface area contributed by atoms with Gasteiger partial charge in [-0.15, -0.1) is 11.8 Å². The van der Waals surface area contributed by atoms with E-state index in [2.05, 4.69) is 4.90 Å². The van der Waals surface area contributed by atoms with Crippen LogP contribution >= 0.6 is 23.4 Å².